The highest BCUT2D eigenvalue weighted by Gasteiger charge is 2.18. The Morgan fingerprint density at radius 2 is 2.22 bits per heavy atom. The molecule has 0 aromatic carbocycles. The average Bonchev–Trinajstić information content (AvgIpc) is 2.96. The van der Waals surface area contributed by atoms with Gasteiger partial charge >= 0.3 is 0 Å². The van der Waals surface area contributed by atoms with Crippen LogP contribution in [0.15, 0.2) is 6.33 Å². The molecule has 0 unspecified atom stereocenters. The number of aromatic nitrogens is 3. The summed E-state index contributed by atoms with van der Waals surface area (Å²) in [5.74, 6) is 1.68. The minimum Gasteiger partial charge on any atom is -0.298 e. The van der Waals surface area contributed by atoms with Crippen LogP contribution < -0.4 is 0 Å². The minimum atomic E-state index is 0.262. The Balaban J connectivity index is 1.81. The number of carbonyl (C=O) groups is 1. The van der Waals surface area contributed by atoms with Crippen molar-refractivity contribution in [1.82, 2.24) is 14.8 Å². The van der Waals surface area contributed by atoms with Gasteiger partial charge in [-0.15, -0.1) is 0 Å². The Labute approximate surface area is 113 Å². The molecule has 1 aromatic heterocycles. The highest BCUT2D eigenvalue weighted by Crippen LogP contribution is 2.29. The third-order valence-corrected chi connectivity index (χ3v) is 4.71. The molecular formula is C13H21N3OS. The Morgan fingerprint density at radius 3 is 2.89 bits per heavy atom. The molecule has 0 bridgehead atoms. The van der Waals surface area contributed by atoms with E-state index in [1.165, 1.54) is 32.0 Å². The maximum atomic E-state index is 11.9. The molecule has 5 heteroatoms. The molecule has 4 nitrogen and oxygen atoms in total. The maximum absolute atomic E-state index is 11.9. The number of carbonyl (C=O) groups excluding carboxylic acids is 1. The number of rotatable bonds is 6. The predicted octanol–water partition coefficient (Wildman–Crippen LogP) is 2.65. The van der Waals surface area contributed by atoms with Gasteiger partial charge in [0.1, 0.15) is 17.9 Å². The second-order valence-corrected chi connectivity index (χ2v) is 6.44. The van der Waals surface area contributed by atoms with Gasteiger partial charge in [0, 0.05) is 11.3 Å². The molecule has 0 amide bonds. The van der Waals surface area contributed by atoms with Crippen LogP contribution >= 0.6 is 11.8 Å². The van der Waals surface area contributed by atoms with Gasteiger partial charge in [-0.2, -0.15) is 16.9 Å². The third kappa shape index (κ3) is 3.57. The Hall–Kier alpha value is -0.840. The van der Waals surface area contributed by atoms with E-state index < -0.39 is 0 Å². The van der Waals surface area contributed by atoms with E-state index in [9.17, 15) is 4.79 Å². The second kappa shape index (κ2) is 6.36. The number of hydrogen-bond acceptors (Lipinski definition) is 4. The van der Waals surface area contributed by atoms with Crippen molar-refractivity contribution in [1.29, 1.82) is 0 Å². The summed E-state index contributed by atoms with van der Waals surface area (Å²) in [6.07, 6.45) is 7.16. The third-order valence-electron chi connectivity index (χ3n) is 3.27. The fourth-order valence-corrected chi connectivity index (χ4v) is 3.52. The summed E-state index contributed by atoms with van der Waals surface area (Å²) in [6, 6.07) is 0.262. The van der Waals surface area contributed by atoms with Gasteiger partial charge in [-0.1, -0.05) is 12.8 Å². The van der Waals surface area contributed by atoms with Crippen molar-refractivity contribution in [3.63, 3.8) is 0 Å². The van der Waals surface area contributed by atoms with Crippen LogP contribution in [0.25, 0.3) is 0 Å². The van der Waals surface area contributed by atoms with Crippen molar-refractivity contribution in [2.75, 3.05) is 5.75 Å². The molecule has 1 heterocycles. The van der Waals surface area contributed by atoms with Crippen LogP contribution in [-0.2, 0) is 11.2 Å². The number of thioether (sulfide) groups is 1. The molecule has 18 heavy (non-hydrogen) atoms. The van der Waals surface area contributed by atoms with E-state index in [1.54, 1.807) is 0 Å². The van der Waals surface area contributed by atoms with Gasteiger partial charge in [0.15, 0.2) is 0 Å². The Kier molecular flexibility index (Phi) is 4.80. The van der Waals surface area contributed by atoms with Crippen LogP contribution in [0.3, 0.4) is 0 Å². The number of ketones is 1. The molecule has 1 fully saturated rings. The molecule has 0 aliphatic heterocycles. The highest BCUT2D eigenvalue weighted by molar-refractivity contribution is 8.00. The van der Waals surface area contributed by atoms with E-state index in [4.69, 9.17) is 0 Å². The Bertz CT molecular complexity index is 397. The summed E-state index contributed by atoms with van der Waals surface area (Å²) >= 11 is 1.82. The smallest absolute Gasteiger partial charge is 0.150 e. The van der Waals surface area contributed by atoms with Gasteiger partial charge in [-0.05, 0) is 26.7 Å². The van der Waals surface area contributed by atoms with E-state index in [0.717, 1.165) is 5.82 Å². The van der Waals surface area contributed by atoms with Crippen LogP contribution in [0.4, 0.5) is 0 Å². The quantitative estimate of drug-likeness (QED) is 0.795. The molecule has 0 saturated heterocycles. The lowest BCUT2D eigenvalue weighted by Crippen LogP contribution is -2.15. The SMILES string of the molecule is CC(C)n1ncnc1CC(=O)CSC1CCCC1. The molecule has 0 spiro atoms. The van der Waals surface area contributed by atoms with E-state index in [-0.39, 0.29) is 11.8 Å². The Morgan fingerprint density at radius 1 is 1.50 bits per heavy atom. The summed E-state index contributed by atoms with van der Waals surface area (Å²) in [5, 5.41) is 4.86. The maximum Gasteiger partial charge on any atom is 0.150 e. The monoisotopic (exact) mass is 267 g/mol. The zero-order valence-electron chi connectivity index (χ0n) is 11.1. The minimum absolute atomic E-state index is 0.262. The summed E-state index contributed by atoms with van der Waals surface area (Å²) in [4.78, 5) is 16.1. The fourth-order valence-electron chi connectivity index (χ4n) is 2.33. The summed E-state index contributed by atoms with van der Waals surface area (Å²) in [6.45, 7) is 4.10. The van der Waals surface area contributed by atoms with E-state index in [1.807, 2.05) is 16.4 Å². The van der Waals surface area contributed by atoms with Gasteiger partial charge in [0.25, 0.3) is 0 Å². The molecule has 0 radical (unpaired) electrons. The van der Waals surface area contributed by atoms with E-state index >= 15 is 0 Å². The van der Waals surface area contributed by atoms with Crippen molar-refractivity contribution < 1.29 is 4.79 Å². The number of Topliss-reactive ketones (excluding diaryl/α,β-unsaturated/α-hetero) is 1. The van der Waals surface area contributed by atoms with Crippen LogP contribution in [0.1, 0.15) is 51.4 Å². The molecule has 0 atom stereocenters. The number of hydrogen-bond donors (Lipinski definition) is 0. The van der Waals surface area contributed by atoms with Crippen molar-refractivity contribution in [2.45, 2.75) is 57.2 Å². The largest absolute Gasteiger partial charge is 0.298 e. The van der Waals surface area contributed by atoms with Gasteiger partial charge in [0.05, 0.1) is 12.2 Å². The predicted molar refractivity (Wildman–Crippen MR) is 73.8 cm³/mol. The molecular weight excluding hydrogens is 246 g/mol. The fraction of sp³-hybridized carbons (Fsp3) is 0.769. The molecule has 0 N–H and O–H groups in total. The van der Waals surface area contributed by atoms with Crippen LogP contribution in [0.5, 0.6) is 0 Å². The van der Waals surface area contributed by atoms with E-state index in [2.05, 4.69) is 23.9 Å². The summed E-state index contributed by atoms with van der Waals surface area (Å²) in [7, 11) is 0. The molecule has 100 valence electrons. The first-order valence-corrected chi connectivity index (χ1v) is 7.73. The van der Waals surface area contributed by atoms with Gasteiger partial charge in [-0.25, -0.2) is 9.67 Å². The first-order chi connectivity index (χ1) is 8.66. The molecule has 1 saturated carbocycles. The van der Waals surface area contributed by atoms with Crippen LogP contribution in [0, 0.1) is 0 Å². The van der Waals surface area contributed by atoms with Crippen LogP contribution in [0.2, 0.25) is 0 Å². The summed E-state index contributed by atoms with van der Waals surface area (Å²) in [5.41, 5.74) is 0. The zero-order chi connectivity index (χ0) is 13.0. The van der Waals surface area contributed by atoms with Gasteiger partial charge in [0.2, 0.25) is 0 Å². The van der Waals surface area contributed by atoms with Gasteiger partial charge in [-0.3, -0.25) is 4.79 Å². The van der Waals surface area contributed by atoms with Crippen molar-refractivity contribution in [3.8, 4) is 0 Å². The highest BCUT2D eigenvalue weighted by atomic mass is 32.2. The number of nitrogens with zero attached hydrogens (tertiary/aromatic N) is 3. The summed E-state index contributed by atoms with van der Waals surface area (Å²) < 4.78 is 1.83. The standard InChI is InChI=1S/C13H21N3OS/c1-10(2)16-13(14-9-15-16)7-11(17)8-18-12-5-3-4-6-12/h9-10,12H,3-8H2,1-2H3. The molecule has 1 aliphatic rings. The van der Waals surface area contributed by atoms with Gasteiger partial charge < -0.3 is 0 Å². The molecule has 1 aromatic rings. The lowest BCUT2D eigenvalue weighted by molar-refractivity contribution is -0.116. The lowest BCUT2D eigenvalue weighted by atomic mass is 10.3. The van der Waals surface area contributed by atoms with Crippen molar-refractivity contribution >= 4 is 17.5 Å². The first kappa shape index (κ1) is 13.6. The molecule has 1 aliphatic carbocycles. The van der Waals surface area contributed by atoms with Crippen molar-refractivity contribution in [3.05, 3.63) is 12.2 Å². The first-order valence-electron chi connectivity index (χ1n) is 6.68. The average molecular weight is 267 g/mol. The van der Waals surface area contributed by atoms with Crippen LogP contribution in [-0.4, -0.2) is 31.6 Å². The normalized spacial score (nSPS) is 16.6. The lowest BCUT2D eigenvalue weighted by Gasteiger charge is -2.10. The van der Waals surface area contributed by atoms with E-state index in [0.29, 0.717) is 17.4 Å². The molecule has 2 rings (SSSR count). The zero-order valence-corrected chi connectivity index (χ0v) is 11.9. The van der Waals surface area contributed by atoms with Crippen molar-refractivity contribution in [2.24, 2.45) is 0 Å². The topological polar surface area (TPSA) is 47.8 Å². The second-order valence-electron chi connectivity index (χ2n) is 5.15.